The van der Waals surface area contributed by atoms with Gasteiger partial charge in [0.05, 0.1) is 28.4 Å². The molecule has 4 heterocycles. The molecular weight excluding hydrogens is 374 g/mol. The van der Waals surface area contributed by atoms with E-state index in [1.807, 2.05) is 43.6 Å². The van der Waals surface area contributed by atoms with Gasteiger partial charge in [0, 0.05) is 17.3 Å². The van der Waals surface area contributed by atoms with Gasteiger partial charge in [-0.25, -0.2) is 14.5 Å². The van der Waals surface area contributed by atoms with Gasteiger partial charge in [-0.05, 0) is 65.5 Å². The van der Waals surface area contributed by atoms with Crippen molar-refractivity contribution < 1.29 is 5.11 Å². The van der Waals surface area contributed by atoms with Gasteiger partial charge in [0.1, 0.15) is 11.3 Å². The lowest BCUT2D eigenvalue weighted by Gasteiger charge is -2.18. The summed E-state index contributed by atoms with van der Waals surface area (Å²) in [7, 11) is 0. The van der Waals surface area contributed by atoms with Gasteiger partial charge in [-0.15, -0.1) is 0 Å². The van der Waals surface area contributed by atoms with Crippen LogP contribution in [0.3, 0.4) is 0 Å². The Morgan fingerprint density at radius 2 is 1.63 bits per heavy atom. The summed E-state index contributed by atoms with van der Waals surface area (Å²) in [5.74, 6) is 0.453. The summed E-state index contributed by atoms with van der Waals surface area (Å²) in [4.78, 5) is 9.79. The molecule has 4 rings (SSSR count). The van der Waals surface area contributed by atoms with E-state index in [0.717, 1.165) is 58.2 Å². The SMILES string of the molecule is CCC(CC)c1cc(C)nn2c(-c3c(C)nc4c(C(C)(C)O)cccn34)c(C)nc12. The first-order valence-electron chi connectivity index (χ1n) is 10.7. The molecule has 0 atom stereocenters. The average molecular weight is 406 g/mol. The molecule has 0 bridgehead atoms. The van der Waals surface area contributed by atoms with Crippen molar-refractivity contribution in [2.45, 2.75) is 72.8 Å². The third kappa shape index (κ3) is 3.10. The summed E-state index contributed by atoms with van der Waals surface area (Å²) in [5.41, 5.74) is 7.49. The molecular formula is C24H31N5O. The first-order valence-corrected chi connectivity index (χ1v) is 10.7. The predicted octanol–water partition coefficient (Wildman–Crippen LogP) is 5.10. The predicted molar refractivity (Wildman–Crippen MR) is 120 cm³/mol. The van der Waals surface area contributed by atoms with E-state index in [1.54, 1.807) is 13.8 Å². The molecule has 0 saturated carbocycles. The van der Waals surface area contributed by atoms with Crippen molar-refractivity contribution in [1.29, 1.82) is 0 Å². The fourth-order valence-electron chi connectivity index (χ4n) is 4.52. The van der Waals surface area contributed by atoms with Crippen molar-refractivity contribution in [1.82, 2.24) is 24.0 Å². The topological polar surface area (TPSA) is 67.7 Å². The van der Waals surface area contributed by atoms with Crippen LogP contribution in [0.1, 0.15) is 74.7 Å². The summed E-state index contributed by atoms with van der Waals surface area (Å²) in [6, 6.07) is 6.06. The van der Waals surface area contributed by atoms with Gasteiger partial charge in [0.25, 0.3) is 0 Å². The zero-order valence-corrected chi connectivity index (χ0v) is 19.0. The van der Waals surface area contributed by atoms with Gasteiger partial charge >= 0.3 is 0 Å². The minimum Gasteiger partial charge on any atom is -0.386 e. The van der Waals surface area contributed by atoms with E-state index in [2.05, 4.69) is 24.3 Å². The van der Waals surface area contributed by atoms with E-state index < -0.39 is 5.60 Å². The fourth-order valence-corrected chi connectivity index (χ4v) is 4.52. The number of rotatable bonds is 5. The number of hydrogen-bond donors (Lipinski definition) is 1. The Hall–Kier alpha value is -2.73. The Morgan fingerprint density at radius 1 is 1.00 bits per heavy atom. The first kappa shape index (κ1) is 20.5. The lowest BCUT2D eigenvalue weighted by Crippen LogP contribution is -2.17. The van der Waals surface area contributed by atoms with Gasteiger partial charge in [-0.3, -0.25) is 4.40 Å². The van der Waals surface area contributed by atoms with Crippen LogP contribution in [0.25, 0.3) is 22.7 Å². The van der Waals surface area contributed by atoms with Crippen molar-refractivity contribution in [2.24, 2.45) is 0 Å². The molecule has 158 valence electrons. The second kappa shape index (κ2) is 7.20. The Morgan fingerprint density at radius 3 is 2.27 bits per heavy atom. The molecule has 30 heavy (non-hydrogen) atoms. The van der Waals surface area contributed by atoms with Crippen LogP contribution in [0.2, 0.25) is 0 Å². The number of fused-ring (bicyclic) bond motifs is 2. The highest BCUT2D eigenvalue weighted by molar-refractivity contribution is 5.72. The van der Waals surface area contributed by atoms with Crippen molar-refractivity contribution >= 4 is 11.3 Å². The van der Waals surface area contributed by atoms with Crippen LogP contribution in [0.5, 0.6) is 0 Å². The number of nitrogens with zero attached hydrogens (tertiary/aromatic N) is 5. The average Bonchev–Trinajstić information content (AvgIpc) is 3.16. The molecule has 0 aliphatic heterocycles. The largest absolute Gasteiger partial charge is 0.386 e. The van der Waals surface area contributed by atoms with Crippen molar-refractivity contribution in [3.8, 4) is 11.4 Å². The monoisotopic (exact) mass is 405 g/mol. The number of aliphatic hydroxyl groups is 1. The van der Waals surface area contributed by atoms with Crippen molar-refractivity contribution in [3.63, 3.8) is 0 Å². The molecule has 0 aliphatic carbocycles. The van der Waals surface area contributed by atoms with E-state index in [1.165, 1.54) is 5.56 Å². The third-order valence-corrected chi connectivity index (χ3v) is 6.04. The third-order valence-electron chi connectivity index (χ3n) is 6.04. The van der Waals surface area contributed by atoms with Crippen LogP contribution >= 0.6 is 0 Å². The summed E-state index contributed by atoms with van der Waals surface area (Å²) in [6.45, 7) is 14.1. The highest BCUT2D eigenvalue weighted by atomic mass is 16.3. The van der Waals surface area contributed by atoms with Crippen LogP contribution < -0.4 is 0 Å². The van der Waals surface area contributed by atoms with E-state index in [9.17, 15) is 5.11 Å². The molecule has 0 unspecified atom stereocenters. The van der Waals surface area contributed by atoms with E-state index in [0.29, 0.717) is 5.92 Å². The summed E-state index contributed by atoms with van der Waals surface area (Å²) in [5, 5.41) is 15.5. The maximum Gasteiger partial charge on any atom is 0.158 e. The van der Waals surface area contributed by atoms with Crippen molar-refractivity contribution in [3.05, 3.63) is 52.6 Å². The van der Waals surface area contributed by atoms with Gasteiger partial charge in [0.15, 0.2) is 5.65 Å². The number of aromatic nitrogens is 5. The Kier molecular flexibility index (Phi) is 4.93. The van der Waals surface area contributed by atoms with Crippen LogP contribution in [-0.4, -0.2) is 29.1 Å². The Bertz CT molecular complexity index is 1240. The molecule has 0 amide bonds. The number of imidazole rings is 2. The molecule has 4 aromatic heterocycles. The van der Waals surface area contributed by atoms with Crippen LogP contribution in [0, 0.1) is 20.8 Å². The Balaban J connectivity index is 2.07. The van der Waals surface area contributed by atoms with E-state index in [4.69, 9.17) is 15.1 Å². The summed E-state index contributed by atoms with van der Waals surface area (Å²) in [6.07, 6.45) is 4.14. The second-order valence-electron chi connectivity index (χ2n) is 8.76. The van der Waals surface area contributed by atoms with Crippen LogP contribution in [-0.2, 0) is 5.60 Å². The Labute approximate surface area is 177 Å². The smallest absolute Gasteiger partial charge is 0.158 e. The molecule has 1 N–H and O–H groups in total. The minimum absolute atomic E-state index is 0.453. The quantitative estimate of drug-likeness (QED) is 0.501. The van der Waals surface area contributed by atoms with Gasteiger partial charge in [0.2, 0.25) is 0 Å². The molecule has 0 aliphatic rings. The maximum absolute atomic E-state index is 10.6. The van der Waals surface area contributed by atoms with Crippen LogP contribution in [0.4, 0.5) is 0 Å². The summed E-state index contributed by atoms with van der Waals surface area (Å²) < 4.78 is 4.05. The van der Waals surface area contributed by atoms with Gasteiger partial charge < -0.3 is 5.11 Å². The van der Waals surface area contributed by atoms with E-state index in [-0.39, 0.29) is 0 Å². The lowest BCUT2D eigenvalue weighted by molar-refractivity contribution is 0.0796. The van der Waals surface area contributed by atoms with E-state index >= 15 is 0 Å². The van der Waals surface area contributed by atoms with Gasteiger partial charge in [-0.1, -0.05) is 19.9 Å². The van der Waals surface area contributed by atoms with Crippen molar-refractivity contribution in [2.75, 3.05) is 0 Å². The zero-order chi connectivity index (χ0) is 21.8. The van der Waals surface area contributed by atoms with Gasteiger partial charge in [-0.2, -0.15) is 5.10 Å². The maximum atomic E-state index is 10.6. The molecule has 0 spiro atoms. The minimum atomic E-state index is -0.983. The number of pyridine rings is 1. The molecule has 4 aromatic rings. The zero-order valence-electron chi connectivity index (χ0n) is 19.0. The second-order valence-corrected chi connectivity index (χ2v) is 8.76. The molecule has 0 fully saturated rings. The number of aryl methyl sites for hydroxylation is 3. The lowest BCUT2D eigenvalue weighted by atomic mass is 9.95. The molecule has 6 nitrogen and oxygen atoms in total. The first-order chi connectivity index (χ1) is 14.2. The number of hydrogen-bond acceptors (Lipinski definition) is 4. The fraction of sp³-hybridized carbons (Fsp3) is 0.458. The highest BCUT2D eigenvalue weighted by Crippen LogP contribution is 2.34. The molecule has 0 radical (unpaired) electrons. The molecule has 6 heteroatoms. The summed E-state index contributed by atoms with van der Waals surface area (Å²) >= 11 is 0. The van der Waals surface area contributed by atoms with Crippen LogP contribution in [0.15, 0.2) is 24.4 Å². The molecule has 0 saturated heterocycles. The normalized spacial score (nSPS) is 12.6. The standard InChI is InChI=1S/C24H31N5O/c1-8-17(9-2)18-13-14(3)27-29-21(16(5)25-22(18)29)20-15(4)26-23-19(24(6,7)30)11-10-12-28(20)23/h10-13,17,30H,8-9H2,1-7H3. The highest BCUT2D eigenvalue weighted by Gasteiger charge is 2.26. The molecule has 0 aromatic carbocycles.